The number of hydrogen-bond acceptors (Lipinski definition) is 4. The fourth-order valence-corrected chi connectivity index (χ4v) is 3.62. The Balaban J connectivity index is 1.59. The van der Waals surface area contributed by atoms with Crippen molar-refractivity contribution in [3.05, 3.63) is 51.6 Å². The summed E-state index contributed by atoms with van der Waals surface area (Å²) in [7, 11) is 0. The normalized spacial score (nSPS) is 15.7. The summed E-state index contributed by atoms with van der Waals surface area (Å²) in [4.78, 5) is 3.85. The van der Waals surface area contributed by atoms with E-state index < -0.39 is 0 Å². The number of rotatable bonds is 2. The van der Waals surface area contributed by atoms with Crippen molar-refractivity contribution in [2.45, 2.75) is 19.5 Å². The molecule has 0 spiro atoms. The fourth-order valence-electron chi connectivity index (χ4n) is 2.73. The molecule has 0 saturated heterocycles. The molecule has 0 amide bonds. The van der Waals surface area contributed by atoms with Gasteiger partial charge in [0.05, 0.1) is 0 Å². The van der Waals surface area contributed by atoms with Crippen molar-refractivity contribution in [2.24, 2.45) is 0 Å². The number of halogens is 1. The van der Waals surface area contributed by atoms with E-state index in [0.717, 1.165) is 37.1 Å². The number of nitrogens with zero attached hydrogens (tertiary/aromatic N) is 2. The Hall–Kier alpha value is -1.72. The van der Waals surface area contributed by atoms with Gasteiger partial charge in [0.15, 0.2) is 5.58 Å². The lowest BCUT2D eigenvalue weighted by molar-refractivity contribution is 0.240. The Labute approximate surface area is 119 Å². The minimum Gasteiger partial charge on any atom is -0.356 e. The van der Waals surface area contributed by atoms with Crippen molar-refractivity contribution in [1.82, 2.24) is 10.1 Å². The number of thiophene rings is 1. The molecule has 0 atom stereocenters. The molecule has 2 aromatic heterocycles. The molecule has 0 radical (unpaired) electrons. The maximum absolute atomic E-state index is 13.1. The van der Waals surface area contributed by atoms with E-state index in [2.05, 4.69) is 21.5 Å². The highest BCUT2D eigenvalue weighted by Gasteiger charge is 2.19. The van der Waals surface area contributed by atoms with Crippen LogP contribution in [0.4, 0.5) is 4.39 Å². The predicted molar refractivity (Wildman–Crippen MR) is 76.1 cm³/mol. The van der Waals surface area contributed by atoms with Gasteiger partial charge in [0.25, 0.3) is 0 Å². The lowest BCUT2D eigenvalue weighted by Crippen LogP contribution is -2.29. The second-order valence-corrected chi connectivity index (χ2v) is 6.10. The highest BCUT2D eigenvalue weighted by Crippen LogP contribution is 2.26. The van der Waals surface area contributed by atoms with E-state index in [1.165, 1.54) is 22.6 Å². The third kappa shape index (κ3) is 2.03. The number of aromatic nitrogens is 1. The molecule has 0 aliphatic carbocycles. The highest BCUT2D eigenvalue weighted by atomic mass is 32.1. The molecule has 1 aliphatic heterocycles. The van der Waals surface area contributed by atoms with Gasteiger partial charge in [-0.15, -0.1) is 11.3 Å². The molecule has 1 aromatic carbocycles. The van der Waals surface area contributed by atoms with Gasteiger partial charge < -0.3 is 4.52 Å². The molecular weight excluding hydrogens is 275 g/mol. The Morgan fingerprint density at radius 2 is 2.30 bits per heavy atom. The molecule has 0 N–H and O–H groups in total. The average Bonchev–Trinajstić information content (AvgIpc) is 3.05. The second kappa shape index (κ2) is 4.68. The summed E-state index contributed by atoms with van der Waals surface area (Å²) in [5.41, 5.74) is 2.83. The third-order valence-corrected chi connectivity index (χ3v) is 4.79. The van der Waals surface area contributed by atoms with Gasteiger partial charge in [0, 0.05) is 36.0 Å². The van der Waals surface area contributed by atoms with Crippen LogP contribution in [0.2, 0.25) is 0 Å². The van der Waals surface area contributed by atoms with Crippen LogP contribution in [0.5, 0.6) is 0 Å². The van der Waals surface area contributed by atoms with Crippen LogP contribution in [0.15, 0.2) is 34.2 Å². The highest BCUT2D eigenvalue weighted by molar-refractivity contribution is 7.10. The zero-order valence-electron chi connectivity index (χ0n) is 10.8. The first-order valence-electron chi connectivity index (χ1n) is 6.61. The van der Waals surface area contributed by atoms with Crippen LogP contribution in [0.1, 0.15) is 16.1 Å². The van der Waals surface area contributed by atoms with Gasteiger partial charge in [-0.3, -0.25) is 4.90 Å². The summed E-state index contributed by atoms with van der Waals surface area (Å²) in [5, 5.41) is 7.15. The van der Waals surface area contributed by atoms with Gasteiger partial charge in [0.1, 0.15) is 11.5 Å². The molecule has 3 nitrogen and oxygen atoms in total. The first-order chi connectivity index (χ1) is 9.79. The summed E-state index contributed by atoms with van der Waals surface area (Å²) in [6, 6.07) is 6.79. The molecule has 1 aliphatic rings. The molecule has 0 unspecified atom stereocenters. The van der Waals surface area contributed by atoms with E-state index in [9.17, 15) is 4.39 Å². The summed E-state index contributed by atoms with van der Waals surface area (Å²) in [5.74, 6) is -0.291. The molecular formula is C15H13FN2OS. The lowest BCUT2D eigenvalue weighted by atomic mass is 10.1. The quantitative estimate of drug-likeness (QED) is 0.721. The SMILES string of the molecule is Fc1ccc2c(CN3CCc4sccc4C3)noc2c1. The molecule has 0 saturated carbocycles. The first-order valence-corrected chi connectivity index (χ1v) is 7.49. The molecule has 3 heterocycles. The summed E-state index contributed by atoms with van der Waals surface area (Å²) >= 11 is 1.84. The fraction of sp³-hybridized carbons (Fsp3) is 0.267. The van der Waals surface area contributed by atoms with Gasteiger partial charge in [-0.05, 0) is 35.6 Å². The second-order valence-electron chi connectivity index (χ2n) is 5.10. The van der Waals surface area contributed by atoms with Crippen molar-refractivity contribution in [3.63, 3.8) is 0 Å². The monoisotopic (exact) mass is 288 g/mol. The van der Waals surface area contributed by atoms with E-state index in [1.807, 2.05) is 11.3 Å². The molecule has 0 fully saturated rings. The Kier molecular flexibility index (Phi) is 2.82. The van der Waals surface area contributed by atoms with Gasteiger partial charge >= 0.3 is 0 Å². The first kappa shape index (κ1) is 12.1. The molecule has 102 valence electrons. The third-order valence-electron chi connectivity index (χ3n) is 3.77. The molecule has 5 heteroatoms. The van der Waals surface area contributed by atoms with E-state index in [4.69, 9.17) is 4.52 Å². The number of hydrogen-bond donors (Lipinski definition) is 0. The van der Waals surface area contributed by atoms with Crippen molar-refractivity contribution < 1.29 is 8.91 Å². The minimum absolute atomic E-state index is 0.291. The molecule has 0 bridgehead atoms. The van der Waals surface area contributed by atoms with Crippen molar-refractivity contribution in [1.29, 1.82) is 0 Å². The van der Waals surface area contributed by atoms with Gasteiger partial charge in [-0.1, -0.05) is 5.16 Å². The van der Waals surface area contributed by atoms with Gasteiger partial charge in [-0.25, -0.2) is 4.39 Å². The summed E-state index contributed by atoms with van der Waals surface area (Å²) in [6.07, 6.45) is 1.09. The number of benzene rings is 1. The van der Waals surface area contributed by atoms with Crippen LogP contribution >= 0.6 is 11.3 Å². The Morgan fingerprint density at radius 1 is 1.35 bits per heavy atom. The lowest BCUT2D eigenvalue weighted by Gasteiger charge is -2.25. The maximum Gasteiger partial charge on any atom is 0.170 e. The average molecular weight is 288 g/mol. The van der Waals surface area contributed by atoms with Crippen LogP contribution in [0.3, 0.4) is 0 Å². The van der Waals surface area contributed by atoms with Crippen molar-refractivity contribution >= 4 is 22.3 Å². The van der Waals surface area contributed by atoms with Crippen LogP contribution in [0.25, 0.3) is 11.0 Å². The van der Waals surface area contributed by atoms with E-state index >= 15 is 0 Å². The Morgan fingerprint density at radius 3 is 3.25 bits per heavy atom. The van der Waals surface area contributed by atoms with Crippen molar-refractivity contribution in [2.75, 3.05) is 6.54 Å². The maximum atomic E-state index is 13.1. The smallest absolute Gasteiger partial charge is 0.170 e. The van der Waals surface area contributed by atoms with Gasteiger partial charge in [0.2, 0.25) is 0 Å². The van der Waals surface area contributed by atoms with Crippen LogP contribution in [-0.2, 0) is 19.5 Å². The largest absolute Gasteiger partial charge is 0.356 e. The zero-order valence-corrected chi connectivity index (χ0v) is 11.6. The number of fused-ring (bicyclic) bond motifs is 2. The minimum atomic E-state index is -0.291. The standard InChI is InChI=1S/C15H13FN2OS/c16-11-1-2-12-13(17-19-14(12)7-11)9-18-5-3-15-10(8-18)4-6-20-15/h1-2,4,6-7H,3,5,8-9H2. The van der Waals surface area contributed by atoms with Crippen molar-refractivity contribution in [3.8, 4) is 0 Å². The summed E-state index contributed by atoms with van der Waals surface area (Å²) in [6.45, 7) is 2.73. The molecule has 4 rings (SSSR count). The van der Waals surface area contributed by atoms with E-state index in [1.54, 1.807) is 6.07 Å². The Bertz CT molecular complexity index is 764. The molecule has 20 heavy (non-hydrogen) atoms. The molecule has 3 aromatic rings. The van der Waals surface area contributed by atoms with Crippen LogP contribution in [0, 0.1) is 5.82 Å². The predicted octanol–water partition coefficient (Wildman–Crippen LogP) is 3.59. The zero-order chi connectivity index (χ0) is 13.5. The summed E-state index contributed by atoms with van der Waals surface area (Å²) < 4.78 is 18.3. The van der Waals surface area contributed by atoms with E-state index in [-0.39, 0.29) is 5.82 Å². The van der Waals surface area contributed by atoms with E-state index in [0.29, 0.717) is 5.58 Å². The van der Waals surface area contributed by atoms with Gasteiger partial charge in [-0.2, -0.15) is 0 Å². The topological polar surface area (TPSA) is 29.3 Å². The van der Waals surface area contributed by atoms with Crippen LogP contribution in [-0.4, -0.2) is 16.6 Å². The van der Waals surface area contributed by atoms with Crippen LogP contribution < -0.4 is 0 Å².